The molecule has 10 heavy (non-hydrogen) atoms. The van der Waals surface area contributed by atoms with Gasteiger partial charge in [0.25, 0.3) is 0 Å². The summed E-state index contributed by atoms with van der Waals surface area (Å²) in [6, 6.07) is 3.68. The molecule has 0 bridgehead atoms. The maximum absolute atomic E-state index is 7.11. The van der Waals surface area contributed by atoms with E-state index in [2.05, 4.69) is 11.9 Å². The van der Waals surface area contributed by atoms with Gasteiger partial charge >= 0.3 is 0 Å². The third-order valence-corrected chi connectivity index (χ3v) is 1.36. The summed E-state index contributed by atoms with van der Waals surface area (Å²) in [6.07, 6.45) is 3.97. The van der Waals surface area contributed by atoms with Crippen molar-refractivity contribution in [2.75, 3.05) is 0 Å². The number of aryl methyl sites for hydroxylation is 1. The van der Waals surface area contributed by atoms with E-state index in [1.165, 1.54) is 5.56 Å². The predicted molar refractivity (Wildman–Crippen MR) is 41.0 cm³/mol. The Labute approximate surface area is 61.1 Å². The third kappa shape index (κ3) is 1.72. The fourth-order valence-corrected chi connectivity index (χ4v) is 0.861. The molecule has 0 amide bonds. The van der Waals surface area contributed by atoms with Gasteiger partial charge in [0.05, 0.1) is 0 Å². The van der Waals surface area contributed by atoms with Gasteiger partial charge in [0.15, 0.2) is 0 Å². The average Bonchev–Trinajstić information content (AvgIpc) is 1.95. The second-order valence-electron chi connectivity index (χ2n) is 2.30. The topological polar surface area (TPSA) is 36.7 Å². The number of hydrogen-bond donors (Lipinski definition) is 0. The molecule has 2 heteroatoms. The van der Waals surface area contributed by atoms with Crippen LogP contribution in [0.15, 0.2) is 18.3 Å². The van der Waals surface area contributed by atoms with E-state index in [1.54, 1.807) is 12.3 Å². The quantitative estimate of drug-likeness (QED) is 0.610. The molecule has 0 aliphatic carbocycles. The molecular formula is C8H11N2. The normalized spacial score (nSPS) is 9.70. The summed E-state index contributed by atoms with van der Waals surface area (Å²) in [5.74, 6) is 0.347. The van der Waals surface area contributed by atoms with Crippen molar-refractivity contribution in [3.63, 3.8) is 0 Å². The highest BCUT2D eigenvalue weighted by Crippen LogP contribution is 2.04. The maximum atomic E-state index is 7.11. The minimum Gasteiger partial charge on any atom is -0.283 e. The molecule has 0 atom stereocenters. The van der Waals surface area contributed by atoms with Crippen LogP contribution in [0.3, 0.4) is 0 Å². The number of pyridine rings is 1. The molecular weight excluding hydrogens is 124 g/mol. The van der Waals surface area contributed by atoms with E-state index in [0.29, 0.717) is 5.82 Å². The van der Waals surface area contributed by atoms with E-state index in [-0.39, 0.29) is 0 Å². The van der Waals surface area contributed by atoms with E-state index in [9.17, 15) is 0 Å². The first-order valence-corrected chi connectivity index (χ1v) is 3.49. The highest BCUT2D eigenvalue weighted by atomic mass is 14.8. The van der Waals surface area contributed by atoms with Crippen molar-refractivity contribution in [3.8, 4) is 0 Å². The molecule has 0 aliphatic heterocycles. The SMILES string of the molecule is CCCc1ccc([NH])nc1. The van der Waals surface area contributed by atoms with Gasteiger partial charge in [-0.15, -0.1) is 0 Å². The fraction of sp³-hybridized carbons (Fsp3) is 0.375. The Balaban J connectivity index is 2.69. The van der Waals surface area contributed by atoms with Crippen LogP contribution >= 0.6 is 0 Å². The van der Waals surface area contributed by atoms with Gasteiger partial charge in [-0.3, -0.25) is 5.73 Å². The van der Waals surface area contributed by atoms with Gasteiger partial charge in [-0.1, -0.05) is 19.4 Å². The Morgan fingerprint density at radius 2 is 2.30 bits per heavy atom. The number of rotatable bonds is 2. The van der Waals surface area contributed by atoms with Gasteiger partial charge in [0.1, 0.15) is 5.82 Å². The minimum absolute atomic E-state index is 0.347. The lowest BCUT2D eigenvalue weighted by molar-refractivity contribution is 0.913. The van der Waals surface area contributed by atoms with Crippen molar-refractivity contribution in [3.05, 3.63) is 23.9 Å². The maximum Gasteiger partial charge on any atom is 0.144 e. The van der Waals surface area contributed by atoms with Gasteiger partial charge in [0, 0.05) is 6.20 Å². The van der Waals surface area contributed by atoms with Crippen LogP contribution in [0.1, 0.15) is 18.9 Å². The second-order valence-corrected chi connectivity index (χ2v) is 2.30. The molecule has 0 aliphatic rings. The molecule has 0 saturated heterocycles. The summed E-state index contributed by atoms with van der Waals surface area (Å²) in [5, 5.41) is 0. The Morgan fingerprint density at radius 1 is 1.50 bits per heavy atom. The lowest BCUT2D eigenvalue weighted by atomic mass is 10.2. The van der Waals surface area contributed by atoms with E-state index in [4.69, 9.17) is 5.73 Å². The second kappa shape index (κ2) is 3.20. The van der Waals surface area contributed by atoms with Crippen LogP contribution in [0.2, 0.25) is 0 Å². The van der Waals surface area contributed by atoms with Crippen LogP contribution in [0.25, 0.3) is 0 Å². The Morgan fingerprint density at radius 3 is 2.80 bits per heavy atom. The molecule has 1 aromatic rings. The zero-order chi connectivity index (χ0) is 7.40. The number of nitrogens with one attached hydrogen (secondary N) is 1. The summed E-state index contributed by atoms with van der Waals surface area (Å²) in [7, 11) is 0. The number of hydrogen-bond acceptors (Lipinski definition) is 1. The number of aromatic nitrogens is 1. The molecule has 1 rings (SSSR count). The van der Waals surface area contributed by atoms with Gasteiger partial charge in [-0.2, -0.15) is 0 Å². The zero-order valence-electron chi connectivity index (χ0n) is 6.09. The Kier molecular flexibility index (Phi) is 2.26. The van der Waals surface area contributed by atoms with Gasteiger partial charge < -0.3 is 0 Å². The van der Waals surface area contributed by atoms with Crippen molar-refractivity contribution < 1.29 is 0 Å². The van der Waals surface area contributed by atoms with Crippen LogP contribution in [0.4, 0.5) is 5.82 Å². The molecule has 1 heterocycles. The summed E-state index contributed by atoms with van der Waals surface area (Å²) in [4.78, 5) is 3.86. The molecule has 53 valence electrons. The van der Waals surface area contributed by atoms with Crippen molar-refractivity contribution >= 4 is 5.82 Å². The van der Waals surface area contributed by atoms with Crippen molar-refractivity contribution in [1.82, 2.24) is 10.7 Å². The summed E-state index contributed by atoms with van der Waals surface area (Å²) in [5.41, 5.74) is 8.33. The van der Waals surface area contributed by atoms with Crippen LogP contribution < -0.4 is 5.73 Å². The first kappa shape index (κ1) is 7.06. The largest absolute Gasteiger partial charge is 0.283 e. The predicted octanol–water partition coefficient (Wildman–Crippen LogP) is 1.95. The number of nitrogens with zero attached hydrogens (tertiary/aromatic N) is 1. The van der Waals surface area contributed by atoms with Gasteiger partial charge in [-0.05, 0) is 18.1 Å². The third-order valence-electron chi connectivity index (χ3n) is 1.36. The molecule has 1 aromatic heterocycles. The fourth-order valence-electron chi connectivity index (χ4n) is 0.861. The van der Waals surface area contributed by atoms with Crippen LogP contribution in [0, 0.1) is 0 Å². The van der Waals surface area contributed by atoms with Crippen LogP contribution in [-0.4, -0.2) is 4.98 Å². The Hall–Kier alpha value is -1.05. The monoisotopic (exact) mass is 135 g/mol. The van der Waals surface area contributed by atoms with E-state index in [1.807, 2.05) is 6.07 Å². The molecule has 0 fully saturated rings. The molecule has 0 unspecified atom stereocenters. The van der Waals surface area contributed by atoms with Crippen molar-refractivity contribution in [2.24, 2.45) is 0 Å². The van der Waals surface area contributed by atoms with Gasteiger partial charge in [0.2, 0.25) is 0 Å². The highest BCUT2D eigenvalue weighted by Gasteiger charge is 1.90. The minimum atomic E-state index is 0.347. The summed E-state index contributed by atoms with van der Waals surface area (Å²) >= 11 is 0. The summed E-state index contributed by atoms with van der Waals surface area (Å²) < 4.78 is 0. The molecule has 2 nitrogen and oxygen atoms in total. The standard InChI is InChI=1S/C8H11N2/c1-2-3-7-4-5-8(9)10-6-7/h4-6,9H,2-3H2,1H3. The Bertz CT molecular complexity index is 191. The lowest BCUT2D eigenvalue weighted by Crippen LogP contribution is -1.84. The van der Waals surface area contributed by atoms with E-state index < -0.39 is 0 Å². The molecule has 0 spiro atoms. The zero-order valence-corrected chi connectivity index (χ0v) is 6.09. The average molecular weight is 135 g/mol. The van der Waals surface area contributed by atoms with Crippen molar-refractivity contribution in [1.29, 1.82) is 0 Å². The first-order chi connectivity index (χ1) is 4.83. The molecule has 1 N–H and O–H groups in total. The molecule has 0 aromatic carbocycles. The van der Waals surface area contributed by atoms with Crippen LogP contribution in [-0.2, 0) is 6.42 Å². The lowest BCUT2D eigenvalue weighted by Gasteiger charge is -1.95. The van der Waals surface area contributed by atoms with Crippen LogP contribution in [0.5, 0.6) is 0 Å². The van der Waals surface area contributed by atoms with E-state index in [0.717, 1.165) is 12.8 Å². The molecule has 0 saturated carbocycles. The van der Waals surface area contributed by atoms with Gasteiger partial charge in [-0.25, -0.2) is 4.98 Å². The summed E-state index contributed by atoms with van der Waals surface area (Å²) in [6.45, 7) is 2.13. The van der Waals surface area contributed by atoms with E-state index >= 15 is 0 Å². The smallest absolute Gasteiger partial charge is 0.144 e. The molecule has 1 radical (unpaired) electrons. The van der Waals surface area contributed by atoms with Crippen molar-refractivity contribution in [2.45, 2.75) is 19.8 Å². The first-order valence-electron chi connectivity index (χ1n) is 3.49. The highest BCUT2D eigenvalue weighted by molar-refractivity contribution is 5.25.